The van der Waals surface area contributed by atoms with Gasteiger partial charge in [-0.25, -0.2) is 4.79 Å². The molecule has 0 aromatic carbocycles. The number of rotatable bonds is 1. The van der Waals surface area contributed by atoms with Gasteiger partial charge in [0.1, 0.15) is 11.6 Å². The average molecular weight is 246 g/mol. The molecule has 0 radical (unpaired) electrons. The number of H-pyrrole nitrogens is 1. The molecular formula is C12H14N4O2. The van der Waals surface area contributed by atoms with E-state index in [0.717, 1.165) is 32.5 Å². The number of nitriles is 1. The molecule has 1 aromatic rings. The second-order valence-electron chi connectivity index (χ2n) is 5.03. The van der Waals surface area contributed by atoms with Crippen LogP contribution in [0.3, 0.4) is 0 Å². The van der Waals surface area contributed by atoms with E-state index in [1.807, 2.05) is 6.07 Å². The van der Waals surface area contributed by atoms with Gasteiger partial charge in [-0.15, -0.1) is 0 Å². The zero-order chi connectivity index (χ0) is 12.7. The van der Waals surface area contributed by atoms with Gasteiger partial charge in [-0.3, -0.25) is 14.3 Å². The predicted octanol–water partition coefficient (Wildman–Crippen LogP) is -0.325. The van der Waals surface area contributed by atoms with E-state index in [1.54, 1.807) is 0 Å². The lowest BCUT2D eigenvalue weighted by Gasteiger charge is -2.45. The Morgan fingerprint density at radius 2 is 2.06 bits per heavy atom. The van der Waals surface area contributed by atoms with Crippen LogP contribution < -0.4 is 11.2 Å². The normalized spacial score (nSPS) is 30.1. The minimum atomic E-state index is -0.597. The van der Waals surface area contributed by atoms with Crippen molar-refractivity contribution >= 4 is 0 Å². The molecule has 4 rings (SSSR count). The highest BCUT2D eigenvalue weighted by Crippen LogP contribution is 2.34. The molecule has 0 amide bonds. The lowest BCUT2D eigenvalue weighted by atomic mass is 9.84. The third kappa shape index (κ3) is 1.68. The third-order valence-corrected chi connectivity index (χ3v) is 4.07. The molecule has 94 valence electrons. The Bertz CT molecular complexity index is 616. The van der Waals surface area contributed by atoms with Gasteiger partial charge in [0, 0.05) is 12.7 Å². The van der Waals surface area contributed by atoms with E-state index in [1.165, 1.54) is 10.8 Å². The molecule has 0 spiro atoms. The van der Waals surface area contributed by atoms with E-state index < -0.39 is 11.2 Å². The average Bonchev–Trinajstić information content (AvgIpc) is 2.40. The fourth-order valence-electron chi connectivity index (χ4n) is 3.06. The fourth-order valence-corrected chi connectivity index (χ4v) is 3.06. The monoisotopic (exact) mass is 246 g/mol. The first-order valence-corrected chi connectivity index (χ1v) is 6.17. The molecule has 18 heavy (non-hydrogen) atoms. The Kier molecular flexibility index (Phi) is 2.56. The van der Waals surface area contributed by atoms with Gasteiger partial charge >= 0.3 is 5.69 Å². The van der Waals surface area contributed by atoms with Crippen LogP contribution in [0.5, 0.6) is 0 Å². The molecule has 3 saturated heterocycles. The van der Waals surface area contributed by atoms with Gasteiger partial charge < -0.3 is 4.90 Å². The Balaban J connectivity index is 2.05. The maximum atomic E-state index is 11.9. The quantitative estimate of drug-likeness (QED) is 0.736. The lowest BCUT2D eigenvalue weighted by Crippen LogP contribution is -2.50. The van der Waals surface area contributed by atoms with Crippen molar-refractivity contribution in [3.05, 3.63) is 32.6 Å². The lowest BCUT2D eigenvalue weighted by molar-refractivity contribution is 0.0546. The minimum Gasteiger partial charge on any atom is -0.301 e. The van der Waals surface area contributed by atoms with Crippen molar-refractivity contribution in [1.82, 2.24) is 14.5 Å². The van der Waals surface area contributed by atoms with E-state index in [0.29, 0.717) is 5.92 Å². The summed E-state index contributed by atoms with van der Waals surface area (Å²) in [5.41, 5.74) is -0.996. The van der Waals surface area contributed by atoms with Crippen LogP contribution in [0.15, 0.2) is 15.8 Å². The predicted molar refractivity (Wildman–Crippen MR) is 64.2 cm³/mol. The van der Waals surface area contributed by atoms with Crippen molar-refractivity contribution in [2.75, 3.05) is 19.6 Å². The number of nitrogens with one attached hydrogen (secondary N) is 1. The van der Waals surface area contributed by atoms with Crippen LogP contribution in [-0.2, 0) is 0 Å². The Morgan fingerprint density at radius 1 is 1.33 bits per heavy atom. The van der Waals surface area contributed by atoms with E-state index in [4.69, 9.17) is 5.26 Å². The molecule has 1 N–H and O–H groups in total. The zero-order valence-electron chi connectivity index (χ0n) is 9.93. The number of aromatic nitrogens is 2. The second-order valence-corrected chi connectivity index (χ2v) is 5.03. The van der Waals surface area contributed by atoms with Gasteiger partial charge in [0.05, 0.1) is 6.04 Å². The molecule has 1 aromatic heterocycles. The van der Waals surface area contributed by atoms with Gasteiger partial charge in [-0.1, -0.05) is 0 Å². The van der Waals surface area contributed by atoms with Gasteiger partial charge in [0.25, 0.3) is 5.56 Å². The summed E-state index contributed by atoms with van der Waals surface area (Å²) in [5, 5.41) is 8.87. The number of hydrogen-bond donors (Lipinski definition) is 1. The summed E-state index contributed by atoms with van der Waals surface area (Å²) >= 11 is 0. The number of aromatic amines is 1. The maximum absolute atomic E-state index is 11.9. The van der Waals surface area contributed by atoms with Gasteiger partial charge in [-0.05, 0) is 31.8 Å². The molecule has 6 heteroatoms. The first-order chi connectivity index (χ1) is 8.69. The van der Waals surface area contributed by atoms with Crippen LogP contribution in [-0.4, -0.2) is 34.1 Å². The van der Waals surface area contributed by atoms with Crippen LogP contribution in [0.2, 0.25) is 0 Å². The molecule has 0 unspecified atom stereocenters. The summed E-state index contributed by atoms with van der Waals surface area (Å²) in [5.74, 6) is 0.477. The SMILES string of the molecule is N#Cc1cn([C@@H]2CN3CCC2CC3)c(=O)[nH]c1=O. The molecule has 3 aliphatic heterocycles. The fraction of sp³-hybridized carbons (Fsp3) is 0.583. The molecule has 4 heterocycles. The number of piperidine rings is 3. The molecule has 1 atom stereocenters. The summed E-state index contributed by atoms with van der Waals surface area (Å²) < 4.78 is 1.54. The number of hydrogen-bond acceptors (Lipinski definition) is 4. The van der Waals surface area contributed by atoms with Crippen LogP contribution in [0.25, 0.3) is 0 Å². The highest BCUT2D eigenvalue weighted by Gasteiger charge is 2.35. The van der Waals surface area contributed by atoms with Crippen molar-refractivity contribution < 1.29 is 0 Å². The highest BCUT2D eigenvalue weighted by atomic mass is 16.2. The van der Waals surface area contributed by atoms with E-state index in [-0.39, 0.29) is 11.6 Å². The van der Waals surface area contributed by atoms with Crippen molar-refractivity contribution in [3.63, 3.8) is 0 Å². The van der Waals surface area contributed by atoms with E-state index in [9.17, 15) is 9.59 Å². The molecule has 0 aliphatic carbocycles. The first kappa shape index (κ1) is 11.2. The van der Waals surface area contributed by atoms with Crippen molar-refractivity contribution in [2.24, 2.45) is 5.92 Å². The maximum Gasteiger partial charge on any atom is 0.328 e. The summed E-state index contributed by atoms with van der Waals surface area (Å²) in [6.07, 6.45) is 3.57. The first-order valence-electron chi connectivity index (χ1n) is 6.17. The van der Waals surface area contributed by atoms with E-state index in [2.05, 4.69) is 9.88 Å². The largest absolute Gasteiger partial charge is 0.328 e. The second kappa shape index (κ2) is 4.10. The summed E-state index contributed by atoms with van der Waals surface area (Å²) in [6.45, 7) is 3.01. The van der Waals surface area contributed by atoms with Crippen molar-refractivity contribution in [1.29, 1.82) is 5.26 Å². The van der Waals surface area contributed by atoms with Crippen LogP contribution >= 0.6 is 0 Å². The van der Waals surface area contributed by atoms with Crippen molar-refractivity contribution in [2.45, 2.75) is 18.9 Å². The molecule has 6 nitrogen and oxygen atoms in total. The molecule has 3 fully saturated rings. The van der Waals surface area contributed by atoms with Gasteiger partial charge in [0.15, 0.2) is 0 Å². The Morgan fingerprint density at radius 3 is 2.61 bits per heavy atom. The molecule has 0 saturated carbocycles. The third-order valence-electron chi connectivity index (χ3n) is 4.07. The molecule has 2 bridgehead atoms. The Hall–Kier alpha value is -1.87. The van der Waals surface area contributed by atoms with Crippen LogP contribution in [0.4, 0.5) is 0 Å². The summed E-state index contributed by atoms with van der Waals surface area (Å²) in [6, 6.07) is 1.92. The van der Waals surface area contributed by atoms with Gasteiger partial charge in [-0.2, -0.15) is 5.26 Å². The summed E-state index contributed by atoms with van der Waals surface area (Å²) in [4.78, 5) is 27.8. The topological polar surface area (TPSA) is 81.9 Å². The standard InChI is InChI=1S/C12H14N4O2/c13-5-9-6-16(12(18)14-11(9)17)10-7-15-3-1-8(10)2-4-15/h6,8,10H,1-4,7H2,(H,14,17,18)/t10-/m1/s1. The number of fused-ring (bicyclic) bond motifs is 3. The molecular weight excluding hydrogens is 232 g/mol. The van der Waals surface area contributed by atoms with Gasteiger partial charge in [0.2, 0.25) is 0 Å². The smallest absolute Gasteiger partial charge is 0.301 e. The Labute approximate surface area is 103 Å². The summed E-state index contributed by atoms with van der Waals surface area (Å²) in [7, 11) is 0. The highest BCUT2D eigenvalue weighted by molar-refractivity contribution is 5.22. The van der Waals surface area contributed by atoms with Crippen LogP contribution in [0.1, 0.15) is 24.4 Å². The number of nitrogens with zero attached hydrogens (tertiary/aromatic N) is 3. The van der Waals surface area contributed by atoms with E-state index >= 15 is 0 Å². The molecule has 3 aliphatic rings. The van der Waals surface area contributed by atoms with Crippen molar-refractivity contribution in [3.8, 4) is 6.07 Å². The minimum absolute atomic E-state index is 0.00560. The zero-order valence-corrected chi connectivity index (χ0v) is 9.93. The van der Waals surface area contributed by atoms with Crippen LogP contribution in [0, 0.1) is 17.2 Å².